The molecule has 0 unspecified atom stereocenters. The van der Waals surface area contributed by atoms with Crippen LogP contribution in [0.3, 0.4) is 0 Å². The first-order valence-electron chi connectivity index (χ1n) is 7.26. The summed E-state index contributed by atoms with van der Waals surface area (Å²) in [5, 5.41) is 9.78. The van der Waals surface area contributed by atoms with Crippen molar-refractivity contribution in [2.75, 3.05) is 13.2 Å². The molecule has 1 aromatic rings. The minimum Gasteiger partial charge on any atom is -0.508 e. The van der Waals surface area contributed by atoms with E-state index in [1.54, 1.807) is 24.3 Å². The molecular formula is C15H25O4P. The number of para-hydroxylation sites is 1. The zero-order valence-corrected chi connectivity index (χ0v) is 13.3. The Morgan fingerprint density at radius 1 is 1.05 bits per heavy atom. The van der Waals surface area contributed by atoms with Gasteiger partial charge in [0.2, 0.25) is 0 Å². The van der Waals surface area contributed by atoms with Gasteiger partial charge >= 0.3 is 7.60 Å². The van der Waals surface area contributed by atoms with Crippen LogP contribution in [0.25, 0.3) is 0 Å². The van der Waals surface area contributed by atoms with Gasteiger partial charge in [-0.05, 0) is 18.9 Å². The zero-order valence-electron chi connectivity index (χ0n) is 12.4. The molecule has 0 saturated carbocycles. The van der Waals surface area contributed by atoms with Crippen LogP contribution in [0.5, 0.6) is 5.75 Å². The molecule has 1 N–H and O–H groups in total. The summed E-state index contributed by atoms with van der Waals surface area (Å²) < 4.78 is 23.7. The molecule has 0 spiro atoms. The smallest absolute Gasteiger partial charge is 0.335 e. The highest BCUT2D eigenvalue weighted by Crippen LogP contribution is 2.52. The van der Waals surface area contributed by atoms with E-state index < -0.39 is 7.60 Å². The number of phenolic OH excluding ortho intramolecular Hbond substituents is 1. The number of rotatable bonds is 10. The molecule has 0 aliphatic carbocycles. The van der Waals surface area contributed by atoms with Crippen molar-refractivity contribution in [3.63, 3.8) is 0 Å². The van der Waals surface area contributed by atoms with Crippen LogP contribution < -0.4 is 0 Å². The molecule has 1 aromatic carbocycles. The highest BCUT2D eigenvalue weighted by Gasteiger charge is 2.26. The third kappa shape index (κ3) is 6.08. The fourth-order valence-electron chi connectivity index (χ4n) is 1.68. The molecule has 0 bridgehead atoms. The topological polar surface area (TPSA) is 55.8 Å². The molecule has 0 fully saturated rings. The number of hydrogen-bond donors (Lipinski definition) is 1. The van der Waals surface area contributed by atoms with E-state index in [4.69, 9.17) is 9.05 Å². The van der Waals surface area contributed by atoms with Gasteiger partial charge in [-0.1, -0.05) is 44.9 Å². The van der Waals surface area contributed by atoms with Crippen LogP contribution in [0.1, 0.15) is 45.1 Å². The van der Waals surface area contributed by atoms with Crippen molar-refractivity contribution in [3.05, 3.63) is 29.8 Å². The molecule has 4 nitrogen and oxygen atoms in total. The van der Waals surface area contributed by atoms with Crippen molar-refractivity contribution < 1.29 is 18.7 Å². The molecule has 0 atom stereocenters. The van der Waals surface area contributed by atoms with Crippen molar-refractivity contribution in [1.82, 2.24) is 0 Å². The van der Waals surface area contributed by atoms with Gasteiger partial charge in [0.15, 0.2) is 0 Å². The normalized spacial score (nSPS) is 11.7. The van der Waals surface area contributed by atoms with E-state index >= 15 is 0 Å². The maximum atomic E-state index is 12.7. The van der Waals surface area contributed by atoms with E-state index in [9.17, 15) is 9.67 Å². The van der Waals surface area contributed by atoms with E-state index in [1.165, 1.54) is 0 Å². The summed E-state index contributed by atoms with van der Waals surface area (Å²) in [6.45, 7) is 4.95. The van der Waals surface area contributed by atoms with E-state index in [1.807, 2.05) is 0 Å². The summed E-state index contributed by atoms with van der Waals surface area (Å²) in [5.74, 6) is 0.130. The maximum Gasteiger partial charge on any atom is 0.335 e. The molecule has 114 valence electrons. The summed E-state index contributed by atoms with van der Waals surface area (Å²) in [7, 11) is -3.19. The predicted octanol–water partition coefficient (Wildman–Crippen LogP) is 4.72. The minimum atomic E-state index is -3.19. The highest BCUT2D eigenvalue weighted by molar-refractivity contribution is 7.53. The molecule has 0 heterocycles. The van der Waals surface area contributed by atoms with Gasteiger partial charge in [-0.2, -0.15) is 0 Å². The lowest BCUT2D eigenvalue weighted by Crippen LogP contribution is -2.02. The largest absolute Gasteiger partial charge is 0.508 e. The Kier molecular flexibility index (Phi) is 7.90. The Balaban J connectivity index is 2.70. The fraction of sp³-hybridized carbons (Fsp3) is 0.600. The monoisotopic (exact) mass is 300 g/mol. The van der Waals surface area contributed by atoms with Crippen molar-refractivity contribution in [2.45, 2.75) is 45.7 Å². The second-order valence-electron chi connectivity index (χ2n) is 4.77. The second kappa shape index (κ2) is 9.17. The predicted molar refractivity (Wildman–Crippen MR) is 81.1 cm³/mol. The van der Waals surface area contributed by atoms with Gasteiger partial charge in [0.1, 0.15) is 5.75 Å². The van der Waals surface area contributed by atoms with Gasteiger partial charge in [0.25, 0.3) is 0 Å². The van der Waals surface area contributed by atoms with Crippen LogP contribution in [0.15, 0.2) is 24.3 Å². The van der Waals surface area contributed by atoms with Crippen molar-refractivity contribution >= 4 is 7.60 Å². The molecule has 1 rings (SSSR count). The first-order valence-corrected chi connectivity index (χ1v) is 8.99. The SMILES string of the molecule is CCCCOP(=O)(Cc1ccccc1O)OCCCC. The Morgan fingerprint density at radius 2 is 1.60 bits per heavy atom. The molecule has 0 aliphatic rings. The third-order valence-electron chi connectivity index (χ3n) is 2.93. The standard InChI is InChI=1S/C15H25O4P/c1-3-5-11-18-20(17,19-12-6-4-2)13-14-9-7-8-10-15(14)16/h7-10,16H,3-6,11-13H2,1-2H3. The Hall–Kier alpha value is -0.830. The minimum absolute atomic E-state index is 0.118. The Bertz CT molecular complexity index is 420. The molecule has 0 amide bonds. The van der Waals surface area contributed by atoms with E-state index in [-0.39, 0.29) is 11.9 Å². The van der Waals surface area contributed by atoms with Crippen LogP contribution >= 0.6 is 7.60 Å². The van der Waals surface area contributed by atoms with Crippen LogP contribution in [0, 0.1) is 0 Å². The molecule has 5 heteroatoms. The first kappa shape index (κ1) is 17.2. The Labute approximate surface area is 121 Å². The fourth-order valence-corrected chi connectivity index (χ4v) is 3.43. The van der Waals surface area contributed by atoms with Crippen LogP contribution in [0.2, 0.25) is 0 Å². The van der Waals surface area contributed by atoms with Gasteiger partial charge < -0.3 is 14.2 Å². The van der Waals surface area contributed by atoms with Crippen molar-refractivity contribution in [2.24, 2.45) is 0 Å². The number of aromatic hydroxyl groups is 1. The number of unbranched alkanes of at least 4 members (excludes halogenated alkanes) is 2. The lowest BCUT2D eigenvalue weighted by Gasteiger charge is -2.19. The van der Waals surface area contributed by atoms with Gasteiger partial charge in [-0.25, -0.2) is 0 Å². The molecular weight excluding hydrogens is 275 g/mol. The van der Waals surface area contributed by atoms with Gasteiger partial charge in [-0.3, -0.25) is 4.57 Å². The van der Waals surface area contributed by atoms with E-state index in [0.717, 1.165) is 25.7 Å². The summed E-state index contributed by atoms with van der Waals surface area (Å²) >= 11 is 0. The average molecular weight is 300 g/mol. The molecule has 0 saturated heterocycles. The quantitative estimate of drug-likeness (QED) is 0.502. The van der Waals surface area contributed by atoms with Crippen LogP contribution in [-0.4, -0.2) is 18.3 Å². The summed E-state index contributed by atoms with van der Waals surface area (Å²) in [6, 6.07) is 6.86. The summed E-state index contributed by atoms with van der Waals surface area (Å²) in [6.07, 6.45) is 3.77. The Morgan fingerprint density at radius 3 is 2.10 bits per heavy atom. The molecule has 0 aliphatic heterocycles. The summed E-state index contributed by atoms with van der Waals surface area (Å²) in [4.78, 5) is 0. The van der Waals surface area contributed by atoms with Crippen molar-refractivity contribution in [1.29, 1.82) is 0 Å². The van der Waals surface area contributed by atoms with E-state index in [0.29, 0.717) is 18.8 Å². The lowest BCUT2D eigenvalue weighted by atomic mass is 10.2. The van der Waals surface area contributed by atoms with Crippen LogP contribution in [-0.2, 0) is 19.8 Å². The number of hydrogen-bond acceptors (Lipinski definition) is 4. The van der Waals surface area contributed by atoms with Crippen LogP contribution in [0.4, 0.5) is 0 Å². The number of phenols is 1. The van der Waals surface area contributed by atoms with E-state index in [2.05, 4.69) is 13.8 Å². The third-order valence-corrected chi connectivity index (χ3v) is 4.81. The maximum absolute atomic E-state index is 12.7. The summed E-state index contributed by atoms with van der Waals surface area (Å²) in [5.41, 5.74) is 0.601. The zero-order chi connectivity index (χ0) is 14.8. The molecule has 0 radical (unpaired) electrons. The lowest BCUT2D eigenvalue weighted by molar-refractivity contribution is 0.198. The second-order valence-corrected chi connectivity index (χ2v) is 6.83. The van der Waals surface area contributed by atoms with Gasteiger partial charge in [0, 0.05) is 5.56 Å². The van der Waals surface area contributed by atoms with Gasteiger partial charge in [0.05, 0.1) is 19.4 Å². The average Bonchev–Trinajstić information content (AvgIpc) is 2.42. The first-order chi connectivity index (χ1) is 9.61. The molecule has 20 heavy (non-hydrogen) atoms. The van der Waals surface area contributed by atoms with Gasteiger partial charge in [-0.15, -0.1) is 0 Å². The number of benzene rings is 1. The van der Waals surface area contributed by atoms with Crippen molar-refractivity contribution in [3.8, 4) is 5.75 Å². The highest BCUT2D eigenvalue weighted by atomic mass is 31.2. The molecule has 0 aromatic heterocycles.